The molecule has 5 nitrogen and oxygen atoms in total. The summed E-state index contributed by atoms with van der Waals surface area (Å²) in [7, 11) is 0. The molecule has 0 N–H and O–H groups in total. The Morgan fingerprint density at radius 2 is 2.20 bits per heavy atom. The quantitative estimate of drug-likeness (QED) is 0.692. The smallest absolute Gasteiger partial charge is 0.247 e. The molecule has 1 atom stereocenters. The second kappa shape index (κ2) is 5.22. The van der Waals surface area contributed by atoms with Crippen molar-refractivity contribution in [1.82, 2.24) is 15.0 Å². The summed E-state index contributed by atoms with van der Waals surface area (Å²) >= 11 is -1.11. The normalized spacial score (nSPS) is 12.8. The summed E-state index contributed by atoms with van der Waals surface area (Å²) in [6.45, 7) is 3.81. The summed E-state index contributed by atoms with van der Waals surface area (Å²) in [5, 5.41) is 0. The minimum Gasteiger partial charge on any atom is -0.611 e. The number of hydrogen-bond donors (Lipinski definition) is 0. The Kier molecular flexibility index (Phi) is 3.42. The van der Waals surface area contributed by atoms with E-state index in [1.165, 1.54) is 0 Å². The number of fused-ring (bicyclic) bond motifs is 1. The minimum atomic E-state index is -1.11. The standard InChI is InChI=1S/C14H13N3O2S/c1-3-20(18)12-8-15-5-4-10(12)13-17-11-6-9(2)7-16-14(11)19-13/h4-8H,3H2,1-2H3. The van der Waals surface area contributed by atoms with Crippen molar-refractivity contribution in [2.45, 2.75) is 18.7 Å². The number of hydrogen-bond acceptors (Lipinski definition) is 5. The fourth-order valence-electron chi connectivity index (χ4n) is 1.93. The molecule has 0 amide bonds. The Morgan fingerprint density at radius 3 is 3.00 bits per heavy atom. The molecule has 0 aliphatic heterocycles. The first-order valence-corrected chi connectivity index (χ1v) is 7.57. The summed E-state index contributed by atoms with van der Waals surface area (Å²) in [6.07, 6.45) is 4.97. The molecule has 3 aromatic rings. The van der Waals surface area contributed by atoms with Gasteiger partial charge in [-0.05, 0) is 42.7 Å². The van der Waals surface area contributed by atoms with E-state index in [0.29, 0.717) is 33.3 Å². The lowest BCUT2D eigenvalue weighted by Crippen LogP contribution is -2.06. The summed E-state index contributed by atoms with van der Waals surface area (Å²) in [4.78, 5) is 13.3. The van der Waals surface area contributed by atoms with Gasteiger partial charge in [0.2, 0.25) is 11.6 Å². The maximum absolute atomic E-state index is 12.1. The lowest BCUT2D eigenvalue weighted by Gasteiger charge is -2.09. The fourth-order valence-corrected chi connectivity index (χ4v) is 2.82. The van der Waals surface area contributed by atoms with Crippen molar-refractivity contribution in [3.8, 4) is 11.5 Å². The Hall–Kier alpha value is -1.92. The molecule has 0 bridgehead atoms. The van der Waals surface area contributed by atoms with Crippen LogP contribution < -0.4 is 0 Å². The topological polar surface area (TPSA) is 74.9 Å². The van der Waals surface area contributed by atoms with E-state index in [1.54, 1.807) is 24.7 Å². The fraction of sp³-hybridized carbons (Fsp3) is 0.214. The highest BCUT2D eigenvalue weighted by atomic mass is 32.2. The minimum absolute atomic E-state index is 0.428. The summed E-state index contributed by atoms with van der Waals surface area (Å²) in [5.41, 5.74) is 2.90. The van der Waals surface area contributed by atoms with Gasteiger partial charge in [0.25, 0.3) is 0 Å². The lowest BCUT2D eigenvalue weighted by atomic mass is 10.3. The summed E-state index contributed by atoms with van der Waals surface area (Å²) in [6, 6.07) is 3.67. The maximum Gasteiger partial charge on any atom is 0.247 e. The molecule has 20 heavy (non-hydrogen) atoms. The van der Waals surface area contributed by atoms with Gasteiger partial charge in [0.1, 0.15) is 11.3 Å². The molecule has 0 aromatic carbocycles. The van der Waals surface area contributed by atoms with E-state index in [4.69, 9.17) is 4.42 Å². The summed E-state index contributed by atoms with van der Waals surface area (Å²) < 4.78 is 17.7. The third-order valence-electron chi connectivity index (χ3n) is 2.91. The van der Waals surface area contributed by atoms with E-state index < -0.39 is 11.2 Å². The van der Waals surface area contributed by atoms with Gasteiger partial charge in [-0.2, -0.15) is 0 Å². The van der Waals surface area contributed by atoms with Crippen molar-refractivity contribution < 1.29 is 8.97 Å². The third kappa shape index (κ3) is 2.28. The molecule has 6 heteroatoms. The molecule has 0 saturated heterocycles. The highest BCUT2D eigenvalue weighted by molar-refractivity contribution is 7.91. The largest absolute Gasteiger partial charge is 0.611 e. The molecule has 3 aromatic heterocycles. The van der Waals surface area contributed by atoms with Crippen molar-refractivity contribution in [2.75, 3.05) is 5.75 Å². The molecule has 0 spiro atoms. The van der Waals surface area contributed by atoms with Gasteiger partial charge in [0, 0.05) is 12.4 Å². The number of rotatable bonds is 3. The zero-order valence-electron chi connectivity index (χ0n) is 11.2. The van der Waals surface area contributed by atoms with Crippen LogP contribution >= 0.6 is 0 Å². The number of oxazole rings is 1. The van der Waals surface area contributed by atoms with Crippen LogP contribution in [0, 0.1) is 6.92 Å². The van der Waals surface area contributed by atoms with Crippen LogP contribution in [0.2, 0.25) is 0 Å². The van der Waals surface area contributed by atoms with Gasteiger partial charge >= 0.3 is 0 Å². The van der Waals surface area contributed by atoms with Gasteiger partial charge in [0.05, 0.1) is 11.8 Å². The first-order chi connectivity index (χ1) is 9.69. The van der Waals surface area contributed by atoms with Gasteiger partial charge in [-0.25, -0.2) is 9.97 Å². The first-order valence-electron chi connectivity index (χ1n) is 6.25. The van der Waals surface area contributed by atoms with E-state index in [-0.39, 0.29) is 0 Å². The van der Waals surface area contributed by atoms with Gasteiger partial charge < -0.3 is 8.97 Å². The average molecular weight is 287 g/mol. The molecule has 102 valence electrons. The second-order valence-electron chi connectivity index (χ2n) is 4.36. The number of pyridine rings is 2. The van der Waals surface area contributed by atoms with E-state index in [9.17, 15) is 4.55 Å². The molecule has 0 aliphatic rings. The third-order valence-corrected chi connectivity index (χ3v) is 4.25. The van der Waals surface area contributed by atoms with E-state index >= 15 is 0 Å². The lowest BCUT2D eigenvalue weighted by molar-refractivity contribution is 0.590. The van der Waals surface area contributed by atoms with E-state index in [1.807, 2.05) is 19.9 Å². The van der Waals surface area contributed by atoms with Crippen LogP contribution in [-0.2, 0) is 11.2 Å². The van der Waals surface area contributed by atoms with Crippen molar-refractivity contribution in [3.05, 3.63) is 36.3 Å². The monoisotopic (exact) mass is 287 g/mol. The van der Waals surface area contributed by atoms with Crippen LogP contribution in [0.25, 0.3) is 22.7 Å². The zero-order valence-corrected chi connectivity index (χ0v) is 12.0. The van der Waals surface area contributed by atoms with Crippen molar-refractivity contribution in [3.63, 3.8) is 0 Å². The van der Waals surface area contributed by atoms with Crippen molar-refractivity contribution >= 4 is 22.4 Å². The van der Waals surface area contributed by atoms with Crippen molar-refractivity contribution in [2.24, 2.45) is 0 Å². The molecule has 0 aliphatic carbocycles. The SMILES string of the molecule is CC[S+]([O-])c1cnccc1-c1nc2cc(C)cnc2o1. The average Bonchev–Trinajstić information content (AvgIpc) is 2.89. The van der Waals surface area contributed by atoms with Crippen molar-refractivity contribution in [1.29, 1.82) is 0 Å². The molecule has 1 unspecified atom stereocenters. The first kappa shape index (κ1) is 13.1. The molecule has 3 rings (SSSR count). The number of nitrogens with zero attached hydrogens (tertiary/aromatic N) is 3. The second-order valence-corrected chi connectivity index (χ2v) is 6.07. The molecule has 0 fully saturated rings. The van der Waals surface area contributed by atoms with Crippen LogP contribution in [0.1, 0.15) is 12.5 Å². The molecule has 0 saturated carbocycles. The van der Waals surface area contributed by atoms with Gasteiger partial charge in [-0.15, -0.1) is 0 Å². The van der Waals surface area contributed by atoms with Crippen LogP contribution in [0.3, 0.4) is 0 Å². The molecule has 3 heterocycles. The predicted octanol–water partition coefficient (Wildman–Crippen LogP) is 2.72. The zero-order chi connectivity index (χ0) is 14.1. The molecular weight excluding hydrogens is 274 g/mol. The van der Waals surface area contributed by atoms with Gasteiger partial charge in [-0.1, -0.05) is 0 Å². The molecular formula is C14H13N3O2S. The van der Waals surface area contributed by atoms with Crippen LogP contribution in [-0.4, -0.2) is 25.3 Å². The Labute approximate surface area is 119 Å². The maximum atomic E-state index is 12.1. The van der Waals surface area contributed by atoms with E-state index in [0.717, 1.165) is 5.56 Å². The number of aromatic nitrogens is 3. The van der Waals surface area contributed by atoms with Crippen LogP contribution in [0.4, 0.5) is 0 Å². The van der Waals surface area contributed by atoms with Gasteiger partial charge in [-0.3, -0.25) is 4.98 Å². The Balaban J connectivity index is 2.15. The number of aryl methyl sites for hydroxylation is 1. The highest BCUT2D eigenvalue weighted by Gasteiger charge is 2.20. The Bertz CT molecular complexity index is 757. The molecule has 0 radical (unpaired) electrons. The predicted molar refractivity (Wildman–Crippen MR) is 76.7 cm³/mol. The van der Waals surface area contributed by atoms with Gasteiger partial charge in [0.15, 0.2) is 4.90 Å². The van der Waals surface area contributed by atoms with E-state index in [2.05, 4.69) is 15.0 Å². The van der Waals surface area contributed by atoms with Crippen LogP contribution in [0.15, 0.2) is 40.0 Å². The van der Waals surface area contributed by atoms with Crippen LogP contribution in [0.5, 0.6) is 0 Å². The Morgan fingerprint density at radius 1 is 1.35 bits per heavy atom. The highest BCUT2D eigenvalue weighted by Crippen LogP contribution is 2.29. The summed E-state index contributed by atoms with van der Waals surface area (Å²) in [5.74, 6) is 0.952.